The number of carbonyl (C=O) groups excluding carboxylic acids is 1. The molecular formula is C15H10F3N3O2S. The van der Waals surface area contributed by atoms with Crippen LogP contribution >= 0.6 is 11.8 Å². The van der Waals surface area contributed by atoms with Gasteiger partial charge in [-0.1, -0.05) is 23.9 Å². The van der Waals surface area contributed by atoms with Gasteiger partial charge in [-0.25, -0.2) is 0 Å². The van der Waals surface area contributed by atoms with Crippen molar-refractivity contribution in [1.82, 2.24) is 5.32 Å². The van der Waals surface area contributed by atoms with Gasteiger partial charge in [-0.2, -0.15) is 18.3 Å². The monoisotopic (exact) mass is 353 g/mol. The number of hydrogen-bond donors (Lipinski definition) is 1. The molecule has 1 aliphatic rings. The summed E-state index contributed by atoms with van der Waals surface area (Å²) in [5, 5.41) is 10.5. The molecule has 2 heterocycles. The molecule has 0 aliphatic carbocycles. The van der Waals surface area contributed by atoms with Gasteiger partial charge in [0.05, 0.1) is 17.5 Å². The number of rotatable bonds is 3. The van der Waals surface area contributed by atoms with E-state index >= 15 is 0 Å². The van der Waals surface area contributed by atoms with Crippen LogP contribution in [0.4, 0.5) is 13.2 Å². The summed E-state index contributed by atoms with van der Waals surface area (Å²) in [5.74, 6) is 0.785. The van der Waals surface area contributed by atoms with Gasteiger partial charge in [-0.15, -0.1) is 5.10 Å². The van der Waals surface area contributed by atoms with E-state index in [0.29, 0.717) is 28.0 Å². The lowest BCUT2D eigenvalue weighted by Crippen LogP contribution is -2.19. The van der Waals surface area contributed by atoms with Crippen molar-refractivity contribution in [1.29, 1.82) is 0 Å². The van der Waals surface area contributed by atoms with Gasteiger partial charge in [0, 0.05) is 5.56 Å². The van der Waals surface area contributed by atoms with Crippen molar-refractivity contribution >= 4 is 29.1 Å². The number of thioether (sulfide) groups is 1. The summed E-state index contributed by atoms with van der Waals surface area (Å²) in [6.07, 6.45) is -3.10. The molecule has 0 bridgehead atoms. The van der Waals surface area contributed by atoms with Crippen LogP contribution in [0.25, 0.3) is 11.3 Å². The Kier molecular flexibility index (Phi) is 4.43. The molecule has 0 radical (unpaired) electrons. The third-order valence-corrected chi connectivity index (χ3v) is 3.88. The van der Waals surface area contributed by atoms with E-state index in [0.717, 1.165) is 12.1 Å². The molecule has 9 heteroatoms. The molecule has 3 rings (SSSR count). The third kappa shape index (κ3) is 3.85. The molecule has 0 unspecified atom stereocenters. The van der Waals surface area contributed by atoms with E-state index in [9.17, 15) is 18.0 Å². The van der Waals surface area contributed by atoms with Gasteiger partial charge in [-0.3, -0.25) is 4.79 Å². The van der Waals surface area contributed by atoms with Crippen LogP contribution in [-0.4, -0.2) is 23.0 Å². The van der Waals surface area contributed by atoms with Crippen LogP contribution in [-0.2, 0) is 11.0 Å². The second kappa shape index (κ2) is 6.52. The average molecular weight is 353 g/mol. The number of hydrogen-bond acceptors (Lipinski definition) is 5. The van der Waals surface area contributed by atoms with Crippen LogP contribution in [0.5, 0.6) is 0 Å². The Morgan fingerprint density at radius 1 is 1.25 bits per heavy atom. The zero-order valence-electron chi connectivity index (χ0n) is 12.0. The predicted molar refractivity (Wildman–Crippen MR) is 84.8 cm³/mol. The molecule has 24 heavy (non-hydrogen) atoms. The lowest BCUT2D eigenvalue weighted by molar-refractivity contribution is -0.137. The van der Waals surface area contributed by atoms with Crippen molar-refractivity contribution < 1.29 is 22.4 Å². The Morgan fingerprint density at radius 3 is 2.79 bits per heavy atom. The number of nitrogens with one attached hydrogen (secondary N) is 1. The van der Waals surface area contributed by atoms with E-state index in [1.807, 2.05) is 0 Å². The molecule has 1 fully saturated rings. The predicted octanol–water partition coefficient (Wildman–Crippen LogP) is 3.52. The maximum absolute atomic E-state index is 12.7. The first-order valence-corrected chi connectivity index (χ1v) is 7.71. The van der Waals surface area contributed by atoms with Crippen LogP contribution in [0, 0.1) is 0 Å². The van der Waals surface area contributed by atoms with Gasteiger partial charge in [0.15, 0.2) is 5.17 Å². The smallest absolute Gasteiger partial charge is 0.416 e. The first kappa shape index (κ1) is 16.3. The quantitative estimate of drug-likeness (QED) is 0.678. The standard InChI is InChI=1S/C15H10F3N3O2S/c16-15(17,18)10-3-1-2-9(6-10)12-5-4-11(23-12)7-19-21-14-20-13(22)8-24-14/h1-7H,8H2,(H,20,21,22). The fraction of sp³-hybridized carbons (Fsp3) is 0.133. The molecule has 1 N–H and O–H groups in total. The van der Waals surface area contributed by atoms with Crippen LogP contribution in [0.2, 0.25) is 0 Å². The van der Waals surface area contributed by atoms with Gasteiger partial charge in [-0.05, 0) is 24.3 Å². The number of alkyl halides is 3. The van der Waals surface area contributed by atoms with Crippen molar-refractivity contribution in [3.8, 4) is 11.3 Å². The molecule has 124 valence electrons. The van der Waals surface area contributed by atoms with Gasteiger partial charge in [0.1, 0.15) is 11.5 Å². The molecule has 1 amide bonds. The zero-order valence-corrected chi connectivity index (χ0v) is 12.8. The number of furan rings is 1. The second-order valence-electron chi connectivity index (χ2n) is 4.77. The summed E-state index contributed by atoms with van der Waals surface area (Å²) in [6.45, 7) is 0. The summed E-state index contributed by atoms with van der Waals surface area (Å²) in [5.41, 5.74) is -0.429. The Labute approximate surface area is 138 Å². The average Bonchev–Trinajstić information content (AvgIpc) is 3.16. The second-order valence-corrected chi connectivity index (χ2v) is 5.73. The summed E-state index contributed by atoms with van der Waals surface area (Å²) >= 11 is 1.23. The molecule has 0 saturated carbocycles. The maximum atomic E-state index is 12.7. The third-order valence-electron chi connectivity index (χ3n) is 3.02. The van der Waals surface area contributed by atoms with Crippen LogP contribution in [0.15, 0.2) is 51.0 Å². The van der Waals surface area contributed by atoms with Gasteiger partial charge < -0.3 is 9.73 Å². The number of amidine groups is 1. The summed E-state index contributed by atoms with van der Waals surface area (Å²) in [4.78, 5) is 11.0. The number of nitrogens with zero attached hydrogens (tertiary/aromatic N) is 2. The zero-order chi connectivity index (χ0) is 17.2. The van der Waals surface area contributed by atoms with Crippen molar-refractivity contribution in [2.24, 2.45) is 10.2 Å². The summed E-state index contributed by atoms with van der Waals surface area (Å²) in [6, 6.07) is 7.99. The van der Waals surface area contributed by atoms with Crippen molar-refractivity contribution in [2.75, 3.05) is 5.75 Å². The molecule has 1 aliphatic heterocycles. The molecule has 1 aromatic carbocycles. The minimum Gasteiger partial charge on any atom is -0.455 e. The molecule has 2 aromatic rings. The van der Waals surface area contributed by atoms with Crippen LogP contribution < -0.4 is 5.32 Å². The Morgan fingerprint density at radius 2 is 2.08 bits per heavy atom. The first-order valence-electron chi connectivity index (χ1n) is 6.73. The topological polar surface area (TPSA) is 67.0 Å². The molecule has 0 spiro atoms. The van der Waals surface area contributed by atoms with Crippen molar-refractivity contribution in [3.63, 3.8) is 0 Å². The summed E-state index contributed by atoms with van der Waals surface area (Å²) < 4.78 is 43.6. The van der Waals surface area contributed by atoms with Gasteiger partial charge in [0.2, 0.25) is 5.91 Å². The Balaban J connectivity index is 1.75. The van der Waals surface area contributed by atoms with Gasteiger partial charge >= 0.3 is 6.18 Å². The Hall–Kier alpha value is -2.55. The highest BCUT2D eigenvalue weighted by Gasteiger charge is 2.30. The Bertz CT molecular complexity index is 827. The minimum atomic E-state index is -4.41. The number of amides is 1. The van der Waals surface area contributed by atoms with E-state index in [2.05, 4.69) is 15.5 Å². The lowest BCUT2D eigenvalue weighted by Gasteiger charge is -2.07. The maximum Gasteiger partial charge on any atom is 0.416 e. The van der Waals surface area contributed by atoms with Crippen molar-refractivity contribution in [2.45, 2.75) is 6.18 Å². The van der Waals surface area contributed by atoms with E-state index in [-0.39, 0.29) is 5.91 Å². The lowest BCUT2D eigenvalue weighted by atomic mass is 10.1. The van der Waals surface area contributed by atoms with E-state index in [4.69, 9.17) is 4.42 Å². The largest absolute Gasteiger partial charge is 0.455 e. The van der Waals surface area contributed by atoms with Crippen molar-refractivity contribution in [3.05, 3.63) is 47.7 Å². The van der Waals surface area contributed by atoms with Crippen LogP contribution in [0.3, 0.4) is 0 Å². The first-order chi connectivity index (χ1) is 11.4. The highest BCUT2D eigenvalue weighted by atomic mass is 32.2. The molecule has 1 saturated heterocycles. The molecule has 1 aromatic heterocycles. The van der Waals surface area contributed by atoms with E-state index in [1.54, 1.807) is 12.1 Å². The molecule has 5 nitrogen and oxygen atoms in total. The number of benzene rings is 1. The fourth-order valence-electron chi connectivity index (χ4n) is 1.94. The SMILES string of the molecule is O=C1CSC(=NN=Cc2ccc(-c3cccc(C(F)(F)F)c3)o2)N1. The van der Waals surface area contributed by atoms with Crippen LogP contribution in [0.1, 0.15) is 11.3 Å². The van der Waals surface area contributed by atoms with E-state index in [1.165, 1.54) is 30.1 Å². The van der Waals surface area contributed by atoms with Gasteiger partial charge in [0.25, 0.3) is 0 Å². The minimum absolute atomic E-state index is 0.140. The summed E-state index contributed by atoms with van der Waals surface area (Å²) in [7, 11) is 0. The fourth-order valence-corrected chi connectivity index (χ4v) is 2.57. The number of halogens is 3. The van der Waals surface area contributed by atoms with E-state index < -0.39 is 11.7 Å². The molecule has 0 atom stereocenters. The highest BCUT2D eigenvalue weighted by Crippen LogP contribution is 2.32. The molecular weight excluding hydrogens is 343 g/mol. The normalized spacial score (nSPS) is 17.0. The number of carbonyl (C=O) groups is 1. The highest BCUT2D eigenvalue weighted by molar-refractivity contribution is 8.15.